The molecular formula is C17H19NO3. The number of aromatic nitrogens is 1. The lowest BCUT2D eigenvalue weighted by atomic mass is 9.86. The fraction of sp³-hybridized carbons (Fsp3) is 0.412. The van der Waals surface area contributed by atoms with Crippen LogP contribution in [0.25, 0.3) is 10.9 Å². The van der Waals surface area contributed by atoms with E-state index in [1.165, 1.54) is 5.56 Å². The van der Waals surface area contributed by atoms with Crippen LogP contribution >= 0.6 is 0 Å². The van der Waals surface area contributed by atoms with Crippen LogP contribution in [0.1, 0.15) is 42.1 Å². The summed E-state index contributed by atoms with van der Waals surface area (Å²) in [5.41, 5.74) is 2.77. The third-order valence-electron chi connectivity index (χ3n) is 4.27. The normalized spacial score (nSPS) is 14.9. The van der Waals surface area contributed by atoms with Crippen LogP contribution in [0.2, 0.25) is 0 Å². The highest BCUT2D eigenvalue weighted by Gasteiger charge is 2.27. The van der Waals surface area contributed by atoms with E-state index < -0.39 is 0 Å². The van der Waals surface area contributed by atoms with Gasteiger partial charge < -0.3 is 9.72 Å². The lowest BCUT2D eigenvalue weighted by molar-refractivity contribution is -0.150. The predicted octanol–water partition coefficient (Wildman–Crippen LogP) is 3.26. The molecule has 1 N–H and O–H groups in total. The van der Waals surface area contributed by atoms with Gasteiger partial charge in [0.15, 0.2) is 6.61 Å². The van der Waals surface area contributed by atoms with Gasteiger partial charge in [-0.25, -0.2) is 0 Å². The Balaban J connectivity index is 1.74. The number of aromatic amines is 1. The van der Waals surface area contributed by atoms with Crippen LogP contribution in [0.15, 0.2) is 24.4 Å². The lowest BCUT2D eigenvalue weighted by Gasteiger charge is -2.22. The molecule has 1 fully saturated rings. The Hall–Kier alpha value is -2.10. The number of fused-ring (bicyclic) bond motifs is 1. The number of rotatable bonds is 5. The van der Waals surface area contributed by atoms with Gasteiger partial charge in [-0.1, -0.05) is 31.5 Å². The van der Waals surface area contributed by atoms with Gasteiger partial charge in [-0.2, -0.15) is 0 Å². The molecule has 21 heavy (non-hydrogen) atoms. The van der Waals surface area contributed by atoms with Crippen molar-refractivity contribution in [1.29, 1.82) is 0 Å². The second-order valence-electron chi connectivity index (χ2n) is 5.55. The van der Waals surface area contributed by atoms with Gasteiger partial charge in [-0.05, 0) is 24.8 Å². The first-order valence-electron chi connectivity index (χ1n) is 7.49. The number of carbonyl (C=O) groups excluding carboxylic acids is 2. The zero-order valence-corrected chi connectivity index (χ0v) is 12.1. The van der Waals surface area contributed by atoms with E-state index in [1.54, 1.807) is 6.20 Å². The molecule has 0 amide bonds. The first kappa shape index (κ1) is 13.9. The topological polar surface area (TPSA) is 59.2 Å². The Bertz CT molecular complexity index is 682. The average Bonchev–Trinajstić information content (AvgIpc) is 2.86. The number of esters is 1. The minimum Gasteiger partial charge on any atom is -0.457 e. The minimum absolute atomic E-state index is 0.00691. The monoisotopic (exact) mass is 285 g/mol. The molecule has 0 unspecified atom stereocenters. The molecule has 4 heteroatoms. The summed E-state index contributed by atoms with van der Waals surface area (Å²) >= 11 is 0. The summed E-state index contributed by atoms with van der Waals surface area (Å²) in [5.74, 6) is -0.377. The molecular weight excluding hydrogens is 266 g/mol. The van der Waals surface area contributed by atoms with Crippen molar-refractivity contribution in [3.63, 3.8) is 0 Å². The molecule has 0 saturated heterocycles. The minimum atomic E-state index is -0.233. The molecule has 110 valence electrons. The largest absolute Gasteiger partial charge is 0.457 e. The summed E-state index contributed by atoms with van der Waals surface area (Å²) in [6.45, 7) is 1.91. The molecule has 0 aliphatic heterocycles. The van der Waals surface area contributed by atoms with E-state index in [-0.39, 0.29) is 24.3 Å². The Morgan fingerprint density at radius 2 is 2.14 bits per heavy atom. The number of benzene rings is 1. The van der Waals surface area contributed by atoms with E-state index >= 15 is 0 Å². The third kappa shape index (κ3) is 2.58. The van der Waals surface area contributed by atoms with E-state index in [9.17, 15) is 9.59 Å². The van der Waals surface area contributed by atoms with Crippen LogP contribution in [0.5, 0.6) is 0 Å². The molecule has 0 radical (unpaired) electrons. The Morgan fingerprint density at radius 3 is 2.81 bits per heavy atom. The smallest absolute Gasteiger partial charge is 0.309 e. The number of nitrogens with one attached hydrogen (secondary N) is 1. The average molecular weight is 285 g/mol. The van der Waals surface area contributed by atoms with Crippen LogP contribution in [0.3, 0.4) is 0 Å². The number of ketones is 1. The van der Waals surface area contributed by atoms with Gasteiger partial charge in [0.05, 0.1) is 5.92 Å². The molecule has 4 nitrogen and oxygen atoms in total. The molecule has 0 bridgehead atoms. The van der Waals surface area contributed by atoms with Crippen molar-refractivity contribution in [2.75, 3.05) is 6.61 Å². The van der Waals surface area contributed by atoms with Crippen LogP contribution in [0.4, 0.5) is 0 Å². The summed E-state index contributed by atoms with van der Waals surface area (Å²) in [7, 11) is 0. The fourth-order valence-electron chi connectivity index (χ4n) is 2.72. The lowest BCUT2D eigenvalue weighted by Crippen LogP contribution is -2.26. The van der Waals surface area contributed by atoms with E-state index in [0.29, 0.717) is 5.56 Å². The van der Waals surface area contributed by atoms with Gasteiger partial charge in [0.2, 0.25) is 5.78 Å². The van der Waals surface area contributed by atoms with Gasteiger partial charge in [-0.3, -0.25) is 9.59 Å². The Kier molecular flexibility index (Phi) is 3.78. The van der Waals surface area contributed by atoms with Crippen molar-refractivity contribution in [3.05, 3.63) is 35.5 Å². The number of ether oxygens (including phenoxy) is 1. The zero-order chi connectivity index (χ0) is 14.8. The highest BCUT2D eigenvalue weighted by Crippen LogP contribution is 2.27. The molecule has 3 rings (SSSR count). The number of H-pyrrole nitrogens is 1. The number of carbonyl (C=O) groups is 2. The van der Waals surface area contributed by atoms with Crippen LogP contribution < -0.4 is 0 Å². The summed E-state index contributed by atoms with van der Waals surface area (Å²) in [6, 6.07) is 5.92. The van der Waals surface area contributed by atoms with Gasteiger partial charge in [0.1, 0.15) is 0 Å². The van der Waals surface area contributed by atoms with Gasteiger partial charge in [0.25, 0.3) is 0 Å². The molecule has 0 atom stereocenters. The van der Waals surface area contributed by atoms with Crippen molar-refractivity contribution in [1.82, 2.24) is 4.98 Å². The number of hydrogen-bond donors (Lipinski definition) is 1. The maximum Gasteiger partial charge on any atom is 0.309 e. The van der Waals surface area contributed by atoms with Crippen LogP contribution in [-0.4, -0.2) is 23.3 Å². The fourth-order valence-corrected chi connectivity index (χ4v) is 2.72. The van der Waals surface area contributed by atoms with Crippen molar-refractivity contribution >= 4 is 22.7 Å². The maximum absolute atomic E-state index is 12.3. The van der Waals surface area contributed by atoms with Gasteiger partial charge in [-0.15, -0.1) is 0 Å². The first-order valence-corrected chi connectivity index (χ1v) is 7.49. The van der Waals surface area contributed by atoms with Crippen molar-refractivity contribution < 1.29 is 14.3 Å². The molecule has 1 aliphatic carbocycles. The third-order valence-corrected chi connectivity index (χ3v) is 4.27. The molecule has 1 saturated carbocycles. The highest BCUT2D eigenvalue weighted by atomic mass is 16.5. The second-order valence-corrected chi connectivity index (χ2v) is 5.55. The molecule has 1 aromatic heterocycles. The van der Waals surface area contributed by atoms with Gasteiger partial charge in [0, 0.05) is 22.7 Å². The quantitative estimate of drug-likeness (QED) is 0.677. The standard InChI is InChI=1S/C17H19NO3/c1-2-11-5-4-8-13-14(9-18-16(11)13)15(19)10-21-17(20)12-6-3-7-12/h4-5,8-9,12,18H,2-3,6-7,10H2,1H3. The molecule has 1 heterocycles. The zero-order valence-electron chi connectivity index (χ0n) is 12.1. The number of hydrogen-bond acceptors (Lipinski definition) is 3. The number of Topliss-reactive ketones (excluding diaryl/α,β-unsaturated/α-hetero) is 1. The van der Waals surface area contributed by atoms with E-state index in [1.807, 2.05) is 18.2 Å². The van der Waals surface area contributed by atoms with Crippen LogP contribution in [0, 0.1) is 5.92 Å². The molecule has 0 spiro atoms. The summed E-state index contributed by atoms with van der Waals surface area (Å²) in [4.78, 5) is 27.1. The highest BCUT2D eigenvalue weighted by molar-refractivity contribution is 6.09. The van der Waals surface area contributed by atoms with Crippen molar-refractivity contribution in [3.8, 4) is 0 Å². The van der Waals surface area contributed by atoms with Gasteiger partial charge >= 0.3 is 5.97 Å². The Labute approximate surface area is 123 Å². The summed E-state index contributed by atoms with van der Waals surface area (Å²) in [5, 5.41) is 0.902. The SMILES string of the molecule is CCc1cccc2c(C(=O)COC(=O)C3CCC3)c[nH]c12. The molecule has 1 aromatic carbocycles. The molecule has 2 aromatic rings. The second kappa shape index (κ2) is 5.72. The first-order chi connectivity index (χ1) is 10.2. The van der Waals surface area contributed by atoms with E-state index in [4.69, 9.17) is 4.74 Å². The number of aryl methyl sites for hydroxylation is 1. The summed E-state index contributed by atoms with van der Waals surface area (Å²) in [6.07, 6.45) is 5.47. The van der Waals surface area contributed by atoms with Crippen molar-refractivity contribution in [2.45, 2.75) is 32.6 Å². The maximum atomic E-state index is 12.3. The Morgan fingerprint density at radius 1 is 1.33 bits per heavy atom. The number of para-hydroxylation sites is 1. The van der Waals surface area contributed by atoms with Crippen LogP contribution in [-0.2, 0) is 16.0 Å². The molecule has 1 aliphatic rings. The summed E-state index contributed by atoms with van der Waals surface area (Å²) < 4.78 is 5.13. The van der Waals surface area contributed by atoms with Crippen molar-refractivity contribution in [2.24, 2.45) is 5.92 Å². The van der Waals surface area contributed by atoms with E-state index in [0.717, 1.165) is 36.6 Å². The predicted molar refractivity (Wildman–Crippen MR) is 80.3 cm³/mol. The van der Waals surface area contributed by atoms with E-state index in [2.05, 4.69) is 11.9 Å².